The molecule has 6 nitrogen and oxygen atoms in total. The van der Waals surface area contributed by atoms with E-state index in [1.165, 1.54) is 6.26 Å². The molecule has 0 aliphatic rings. The Labute approximate surface area is 128 Å². The number of hydrogen-bond donors (Lipinski definition) is 2. The first-order valence-electron chi connectivity index (χ1n) is 6.92. The molecule has 0 aliphatic carbocycles. The summed E-state index contributed by atoms with van der Waals surface area (Å²) in [5, 5.41) is 5.25. The summed E-state index contributed by atoms with van der Waals surface area (Å²) in [7, 11) is 0. The van der Waals surface area contributed by atoms with Gasteiger partial charge in [0.1, 0.15) is 17.6 Å². The predicted octanol–water partition coefficient (Wildman–Crippen LogP) is 1.48. The summed E-state index contributed by atoms with van der Waals surface area (Å²) in [6.45, 7) is 1.75. The molecule has 0 saturated heterocycles. The van der Waals surface area contributed by atoms with Crippen molar-refractivity contribution >= 4 is 11.8 Å². The molecule has 1 aromatic heterocycles. The molecule has 2 amide bonds. The highest BCUT2D eigenvalue weighted by molar-refractivity contribution is 5.87. The normalized spacial score (nSPS) is 11.5. The van der Waals surface area contributed by atoms with Crippen LogP contribution in [0.1, 0.15) is 12.7 Å². The molecule has 1 heterocycles. The van der Waals surface area contributed by atoms with Gasteiger partial charge >= 0.3 is 0 Å². The number of ether oxygens (including phenoxy) is 1. The second-order valence-electron chi connectivity index (χ2n) is 4.69. The Morgan fingerprint density at radius 2 is 1.95 bits per heavy atom. The monoisotopic (exact) mass is 302 g/mol. The number of furan rings is 1. The Bertz CT molecular complexity index is 596. The SMILES string of the molecule is C[C@@H](NC(=O)COc1ccccc1)C(=O)NCc1ccco1. The lowest BCUT2D eigenvalue weighted by atomic mass is 10.3. The molecule has 6 heteroatoms. The molecule has 0 saturated carbocycles. The van der Waals surface area contributed by atoms with E-state index in [9.17, 15) is 9.59 Å². The van der Waals surface area contributed by atoms with Gasteiger partial charge in [0.15, 0.2) is 6.61 Å². The minimum Gasteiger partial charge on any atom is -0.484 e. The van der Waals surface area contributed by atoms with Crippen LogP contribution in [0.3, 0.4) is 0 Å². The van der Waals surface area contributed by atoms with Crippen LogP contribution < -0.4 is 15.4 Å². The highest BCUT2D eigenvalue weighted by Gasteiger charge is 2.15. The number of benzene rings is 1. The fourth-order valence-electron chi connectivity index (χ4n) is 1.75. The molecule has 1 aromatic carbocycles. The van der Waals surface area contributed by atoms with Gasteiger partial charge in [-0.3, -0.25) is 9.59 Å². The van der Waals surface area contributed by atoms with E-state index in [-0.39, 0.29) is 25.0 Å². The van der Waals surface area contributed by atoms with E-state index >= 15 is 0 Å². The molecule has 0 unspecified atom stereocenters. The molecule has 0 fully saturated rings. The summed E-state index contributed by atoms with van der Waals surface area (Å²) < 4.78 is 10.4. The maximum absolute atomic E-state index is 11.8. The van der Waals surface area contributed by atoms with Gasteiger partial charge in [-0.25, -0.2) is 0 Å². The number of para-hydroxylation sites is 1. The molecular weight excluding hydrogens is 284 g/mol. The molecule has 0 radical (unpaired) electrons. The van der Waals surface area contributed by atoms with Crippen molar-refractivity contribution in [3.63, 3.8) is 0 Å². The first-order valence-corrected chi connectivity index (χ1v) is 6.92. The topological polar surface area (TPSA) is 80.6 Å². The zero-order valence-electron chi connectivity index (χ0n) is 12.2. The molecule has 2 aromatic rings. The smallest absolute Gasteiger partial charge is 0.258 e. The molecular formula is C16H18N2O4. The average molecular weight is 302 g/mol. The summed E-state index contributed by atoms with van der Waals surface area (Å²) in [5.74, 6) is 0.612. The van der Waals surface area contributed by atoms with Crippen molar-refractivity contribution in [2.24, 2.45) is 0 Å². The fourth-order valence-corrected chi connectivity index (χ4v) is 1.75. The lowest BCUT2D eigenvalue weighted by molar-refractivity contribution is -0.129. The second-order valence-corrected chi connectivity index (χ2v) is 4.69. The Hall–Kier alpha value is -2.76. The van der Waals surface area contributed by atoms with Gasteiger partial charge < -0.3 is 19.8 Å². The number of hydrogen-bond acceptors (Lipinski definition) is 4. The van der Waals surface area contributed by atoms with Gasteiger partial charge in [0.05, 0.1) is 12.8 Å². The molecule has 22 heavy (non-hydrogen) atoms. The van der Waals surface area contributed by atoms with Crippen LogP contribution in [0, 0.1) is 0 Å². The molecule has 0 bridgehead atoms. The number of nitrogens with one attached hydrogen (secondary N) is 2. The van der Waals surface area contributed by atoms with Crippen LogP contribution in [0.2, 0.25) is 0 Å². The number of carbonyl (C=O) groups excluding carboxylic acids is 2. The van der Waals surface area contributed by atoms with E-state index in [1.807, 2.05) is 18.2 Å². The zero-order chi connectivity index (χ0) is 15.8. The fraction of sp³-hybridized carbons (Fsp3) is 0.250. The summed E-state index contributed by atoms with van der Waals surface area (Å²) in [6, 6.07) is 11.9. The van der Waals surface area contributed by atoms with Gasteiger partial charge in [-0.1, -0.05) is 18.2 Å². The lowest BCUT2D eigenvalue weighted by Gasteiger charge is -2.14. The van der Waals surface area contributed by atoms with Crippen molar-refractivity contribution in [2.45, 2.75) is 19.5 Å². The molecule has 1 atom stereocenters. The van der Waals surface area contributed by atoms with Crippen LogP contribution in [0.15, 0.2) is 53.1 Å². The summed E-state index contributed by atoms with van der Waals surface area (Å²) >= 11 is 0. The minimum absolute atomic E-state index is 0.139. The number of amides is 2. The first-order chi connectivity index (χ1) is 10.6. The van der Waals surface area contributed by atoms with E-state index in [2.05, 4.69) is 10.6 Å². The van der Waals surface area contributed by atoms with Crippen molar-refractivity contribution in [3.8, 4) is 5.75 Å². The minimum atomic E-state index is -0.651. The maximum atomic E-state index is 11.8. The molecule has 2 rings (SSSR count). The summed E-state index contributed by atoms with van der Waals surface area (Å²) in [6.07, 6.45) is 1.54. The second kappa shape index (κ2) is 7.87. The Morgan fingerprint density at radius 1 is 1.18 bits per heavy atom. The van der Waals surface area contributed by atoms with Gasteiger partial charge in [-0.15, -0.1) is 0 Å². The molecule has 0 spiro atoms. The van der Waals surface area contributed by atoms with Gasteiger partial charge in [-0.2, -0.15) is 0 Å². The van der Waals surface area contributed by atoms with Crippen molar-refractivity contribution < 1.29 is 18.7 Å². The highest BCUT2D eigenvalue weighted by atomic mass is 16.5. The Morgan fingerprint density at radius 3 is 2.64 bits per heavy atom. The predicted molar refractivity (Wildman–Crippen MR) is 80.1 cm³/mol. The van der Waals surface area contributed by atoms with Crippen LogP contribution in [-0.2, 0) is 16.1 Å². The third-order valence-corrected chi connectivity index (χ3v) is 2.90. The van der Waals surface area contributed by atoms with Gasteiger partial charge in [0.25, 0.3) is 5.91 Å². The van der Waals surface area contributed by atoms with Crippen LogP contribution in [0.4, 0.5) is 0 Å². The van der Waals surface area contributed by atoms with Crippen LogP contribution in [-0.4, -0.2) is 24.5 Å². The Kier molecular flexibility index (Phi) is 5.59. The van der Waals surface area contributed by atoms with E-state index in [0.29, 0.717) is 11.5 Å². The largest absolute Gasteiger partial charge is 0.484 e. The number of carbonyl (C=O) groups is 2. The lowest BCUT2D eigenvalue weighted by Crippen LogP contribution is -2.46. The van der Waals surface area contributed by atoms with Gasteiger partial charge in [-0.05, 0) is 31.2 Å². The van der Waals surface area contributed by atoms with Crippen LogP contribution in [0.5, 0.6) is 5.75 Å². The van der Waals surface area contributed by atoms with E-state index < -0.39 is 6.04 Å². The zero-order valence-corrected chi connectivity index (χ0v) is 12.2. The highest BCUT2D eigenvalue weighted by Crippen LogP contribution is 2.07. The van der Waals surface area contributed by atoms with E-state index in [0.717, 1.165) is 0 Å². The summed E-state index contributed by atoms with van der Waals surface area (Å²) in [4.78, 5) is 23.6. The van der Waals surface area contributed by atoms with Crippen molar-refractivity contribution in [1.29, 1.82) is 0 Å². The first kappa shape index (κ1) is 15.6. The molecule has 116 valence electrons. The third-order valence-electron chi connectivity index (χ3n) is 2.90. The van der Waals surface area contributed by atoms with E-state index in [1.54, 1.807) is 31.2 Å². The van der Waals surface area contributed by atoms with Crippen molar-refractivity contribution in [2.75, 3.05) is 6.61 Å². The third kappa shape index (κ3) is 4.97. The van der Waals surface area contributed by atoms with Crippen LogP contribution in [0.25, 0.3) is 0 Å². The number of rotatable bonds is 7. The average Bonchev–Trinajstić information content (AvgIpc) is 3.05. The molecule has 2 N–H and O–H groups in total. The standard InChI is InChI=1S/C16H18N2O4/c1-12(16(20)17-10-14-8-5-9-21-14)18-15(19)11-22-13-6-3-2-4-7-13/h2-9,12H,10-11H2,1H3,(H,17,20)(H,18,19)/t12-/m1/s1. The maximum Gasteiger partial charge on any atom is 0.258 e. The summed E-state index contributed by atoms with van der Waals surface area (Å²) in [5.41, 5.74) is 0. The van der Waals surface area contributed by atoms with E-state index in [4.69, 9.17) is 9.15 Å². The van der Waals surface area contributed by atoms with Gasteiger partial charge in [0, 0.05) is 0 Å². The van der Waals surface area contributed by atoms with Crippen LogP contribution >= 0.6 is 0 Å². The Balaban J connectivity index is 1.70. The van der Waals surface area contributed by atoms with Gasteiger partial charge in [0.2, 0.25) is 5.91 Å². The van der Waals surface area contributed by atoms with Crippen molar-refractivity contribution in [1.82, 2.24) is 10.6 Å². The molecule has 0 aliphatic heterocycles. The van der Waals surface area contributed by atoms with Crippen molar-refractivity contribution in [3.05, 3.63) is 54.5 Å². The quantitative estimate of drug-likeness (QED) is 0.812.